The number of hydrogen-bond donors (Lipinski definition) is 4. The molecule has 1 aliphatic carbocycles. The van der Waals surface area contributed by atoms with Crippen LogP contribution in [0.15, 0.2) is 10.5 Å². The lowest BCUT2D eigenvalue weighted by Crippen LogP contribution is -2.74. The Balaban J connectivity index is 1.88. The summed E-state index contributed by atoms with van der Waals surface area (Å²) in [6, 6.07) is -2.17. The molecule has 1 aromatic rings. The van der Waals surface area contributed by atoms with Crippen molar-refractivity contribution in [3.63, 3.8) is 0 Å². The predicted octanol–water partition coefficient (Wildman–Crippen LogP) is 0.388. The number of nitrogens with two attached hydrogens (primary N) is 1. The Bertz CT molecular complexity index is 1080. The van der Waals surface area contributed by atoms with Crippen LogP contribution in [-0.2, 0) is 29.5 Å². The van der Waals surface area contributed by atoms with Crippen molar-refractivity contribution < 1.29 is 37.3 Å². The monoisotopic (exact) mass is 503 g/mol. The molecule has 0 unspecified atom stereocenters. The number of oxime groups is 1. The molecule has 2 heterocycles. The molecule has 0 spiro atoms. The second-order valence-electron chi connectivity index (χ2n) is 8.37. The standard InChI is InChI=1S/C18H25N5O8S2/c1-18(2,16(26)27)31-22-11(10-8-32-17(19)20-10)14(24)21-12-13(9-6-4-3-5-7-9)23(15(12)25)33(28,29)30/h8-9,12-13H,3-7H2,1-2H3,(H2,19,20)(H,21,24)(H,26,27)(H,28,29,30)/b22-11-/t12-,13-/m0/s1. The van der Waals surface area contributed by atoms with E-state index in [1.165, 1.54) is 19.2 Å². The summed E-state index contributed by atoms with van der Waals surface area (Å²) >= 11 is 1.00. The van der Waals surface area contributed by atoms with E-state index in [4.69, 9.17) is 10.6 Å². The lowest BCUT2D eigenvalue weighted by Gasteiger charge is -2.48. The van der Waals surface area contributed by atoms with Crippen LogP contribution in [0.5, 0.6) is 0 Å². The lowest BCUT2D eigenvalue weighted by molar-refractivity contribution is -0.161. The van der Waals surface area contributed by atoms with Gasteiger partial charge in [0, 0.05) is 5.38 Å². The molecule has 3 rings (SSSR count). The summed E-state index contributed by atoms with van der Waals surface area (Å²) in [6.45, 7) is 2.45. The number of carboxylic acids is 1. The minimum atomic E-state index is -4.81. The molecule has 33 heavy (non-hydrogen) atoms. The first-order valence-electron chi connectivity index (χ1n) is 10.2. The minimum Gasteiger partial charge on any atom is -0.478 e. The maximum Gasteiger partial charge on any atom is 0.362 e. The molecule has 1 aromatic heterocycles. The molecule has 0 bridgehead atoms. The number of carboxylic acid groups (broad SMARTS) is 1. The van der Waals surface area contributed by atoms with Gasteiger partial charge in [-0.15, -0.1) is 11.3 Å². The highest BCUT2D eigenvalue weighted by Crippen LogP contribution is 2.37. The molecule has 15 heteroatoms. The Morgan fingerprint density at radius 3 is 2.48 bits per heavy atom. The Hall–Kier alpha value is -2.78. The second-order valence-corrected chi connectivity index (χ2v) is 10.5. The Morgan fingerprint density at radius 1 is 1.33 bits per heavy atom. The van der Waals surface area contributed by atoms with Crippen LogP contribution in [-0.4, -0.2) is 68.5 Å². The van der Waals surface area contributed by atoms with Gasteiger partial charge < -0.3 is 21.0 Å². The lowest BCUT2D eigenvalue weighted by atomic mass is 9.77. The summed E-state index contributed by atoms with van der Waals surface area (Å²) in [5.74, 6) is -3.48. The normalized spacial score (nSPS) is 22.6. The first kappa shape index (κ1) is 24.9. The number of anilines is 1. The zero-order valence-electron chi connectivity index (χ0n) is 17.9. The van der Waals surface area contributed by atoms with Gasteiger partial charge in [0.15, 0.2) is 10.8 Å². The number of amides is 2. The molecule has 2 aliphatic rings. The number of aromatic nitrogens is 1. The fourth-order valence-electron chi connectivity index (χ4n) is 3.85. The van der Waals surface area contributed by atoms with E-state index < -0.39 is 51.5 Å². The highest BCUT2D eigenvalue weighted by Gasteiger charge is 2.57. The van der Waals surface area contributed by atoms with Gasteiger partial charge in [-0.1, -0.05) is 24.4 Å². The summed E-state index contributed by atoms with van der Waals surface area (Å²) in [5.41, 5.74) is 3.41. The Kier molecular flexibility index (Phi) is 6.95. The maximum atomic E-state index is 13.0. The van der Waals surface area contributed by atoms with Crippen molar-refractivity contribution in [3.8, 4) is 0 Å². The van der Waals surface area contributed by atoms with Crippen LogP contribution in [0.3, 0.4) is 0 Å². The number of rotatable bonds is 8. The van der Waals surface area contributed by atoms with Crippen LogP contribution in [0, 0.1) is 5.92 Å². The third kappa shape index (κ3) is 5.25. The van der Waals surface area contributed by atoms with Crippen LogP contribution in [0.25, 0.3) is 0 Å². The fraction of sp³-hybridized carbons (Fsp3) is 0.611. The van der Waals surface area contributed by atoms with Gasteiger partial charge in [-0.05, 0) is 32.6 Å². The number of hydrogen-bond acceptors (Lipinski definition) is 10. The fourth-order valence-corrected chi connectivity index (χ4v) is 5.34. The number of β-lactam (4-membered cyclic amide) rings is 1. The molecule has 1 aliphatic heterocycles. The van der Waals surface area contributed by atoms with Crippen LogP contribution in [0.1, 0.15) is 51.6 Å². The zero-order valence-corrected chi connectivity index (χ0v) is 19.6. The molecule has 13 nitrogen and oxygen atoms in total. The zero-order chi connectivity index (χ0) is 24.6. The molecular weight excluding hydrogens is 478 g/mol. The van der Waals surface area contributed by atoms with Gasteiger partial charge in [-0.3, -0.25) is 14.1 Å². The summed E-state index contributed by atoms with van der Waals surface area (Å²) in [4.78, 5) is 45.9. The summed E-state index contributed by atoms with van der Waals surface area (Å²) in [5, 5.41) is 16.8. The van der Waals surface area contributed by atoms with Gasteiger partial charge in [0.1, 0.15) is 11.7 Å². The van der Waals surface area contributed by atoms with Crippen molar-refractivity contribution in [1.29, 1.82) is 0 Å². The van der Waals surface area contributed by atoms with Crippen molar-refractivity contribution in [2.75, 3.05) is 5.73 Å². The predicted molar refractivity (Wildman–Crippen MR) is 117 cm³/mol. The molecule has 0 radical (unpaired) electrons. The molecule has 182 valence electrons. The van der Waals surface area contributed by atoms with Crippen molar-refractivity contribution in [3.05, 3.63) is 11.1 Å². The molecule has 2 fully saturated rings. The molecule has 2 amide bonds. The van der Waals surface area contributed by atoms with E-state index in [-0.39, 0.29) is 16.7 Å². The van der Waals surface area contributed by atoms with Gasteiger partial charge in [0.25, 0.3) is 11.8 Å². The molecule has 5 N–H and O–H groups in total. The number of nitrogens with zero attached hydrogens (tertiary/aromatic N) is 3. The van der Waals surface area contributed by atoms with Gasteiger partial charge >= 0.3 is 16.3 Å². The summed E-state index contributed by atoms with van der Waals surface area (Å²) in [6.07, 6.45) is 3.90. The minimum absolute atomic E-state index is 0.0104. The van der Waals surface area contributed by atoms with E-state index in [9.17, 15) is 32.5 Å². The highest BCUT2D eigenvalue weighted by molar-refractivity contribution is 7.84. The number of aliphatic carboxylic acids is 1. The van der Waals surface area contributed by atoms with Crippen LogP contribution >= 0.6 is 11.3 Å². The van der Waals surface area contributed by atoms with E-state index in [0.29, 0.717) is 17.1 Å². The third-order valence-corrected chi connectivity index (χ3v) is 7.22. The molecule has 1 saturated heterocycles. The third-order valence-electron chi connectivity index (χ3n) is 5.62. The van der Waals surface area contributed by atoms with Crippen molar-refractivity contribution in [1.82, 2.24) is 14.6 Å². The van der Waals surface area contributed by atoms with Crippen molar-refractivity contribution in [2.45, 2.75) is 63.6 Å². The number of nitrogens with one attached hydrogen (secondary N) is 1. The van der Waals surface area contributed by atoms with Crippen LogP contribution in [0.4, 0.5) is 5.13 Å². The van der Waals surface area contributed by atoms with Gasteiger partial charge in [-0.2, -0.15) is 8.42 Å². The van der Waals surface area contributed by atoms with Crippen molar-refractivity contribution >= 4 is 50.3 Å². The molecule has 1 saturated carbocycles. The number of carbonyl (C=O) groups is 3. The number of nitrogen functional groups attached to an aromatic ring is 1. The molecular formula is C18H25N5O8S2. The van der Waals surface area contributed by atoms with Crippen LogP contribution < -0.4 is 11.1 Å². The number of carbonyl (C=O) groups excluding carboxylic acids is 2. The van der Waals surface area contributed by atoms with E-state index >= 15 is 0 Å². The maximum absolute atomic E-state index is 13.0. The quantitative estimate of drug-likeness (QED) is 0.166. The Labute approximate surface area is 193 Å². The van der Waals surface area contributed by atoms with E-state index in [1.807, 2.05) is 0 Å². The first-order valence-corrected chi connectivity index (χ1v) is 12.4. The average molecular weight is 504 g/mol. The highest BCUT2D eigenvalue weighted by atomic mass is 32.2. The summed E-state index contributed by atoms with van der Waals surface area (Å²) in [7, 11) is -4.81. The van der Waals surface area contributed by atoms with Gasteiger partial charge in [-0.25, -0.2) is 14.1 Å². The van der Waals surface area contributed by atoms with E-state index in [0.717, 1.165) is 30.6 Å². The SMILES string of the molecule is CC(C)(O/N=C(\C(=O)N[C@@H]1C(=O)N(S(=O)(=O)O)[C@H]1C1CCCCC1)c1csc(N)n1)C(=O)O. The van der Waals surface area contributed by atoms with Gasteiger partial charge in [0.05, 0.1) is 6.04 Å². The smallest absolute Gasteiger partial charge is 0.362 e. The average Bonchev–Trinajstić information content (AvgIpc) is 3.15. The van der Waals surface area contributed by atoms with Crippen molar-refractivity contribution in [2.24, 2.45) is 11.1 Å². The van der Waals surface area contributed by atoms with Crippen LogP contribution in [0.2, 0.25) is 0 Å². The Morgan fingerprint density at radius 2 is 1.97 bits per heavy atom. The molecule has 2 atom stereocenters. The first-order chi connectivity index (χ1) is 15.3. The molecule has 0 aromatic carbocycles. The topological polar surface area (TPSA) is 202 Å². The van der Waals surface area contributed by atoms with E-state index in [1.54, 1.807) is 0 Å². The van der Waals surface area contributed by atoms with Gasteiger partial charge in [0.2, 0.25) is 5.60 Å². The number of thiazole rings is 1. The largest absolute Gasteiger partial charge is 0.478 e. The summed E-state index contributed by atoms with van der Waals surface area (Å²) < 4.78 is 33.5. The van der Waals surface area contributed by atoms with E-state index in [2.05, 4.69) is 15.5 Å². The second kappa shape index (κ2) is 9.23.